The van der Waals surface area contributed by atoms with Gasteiger partial charge in [-0.25, -0.2) is 19.9 Å². The van der Waals surface area contributed by atoms with E-state index in [9.17, 15) is 0 Å². The summed E-state index contributed by atoms with van der Waals surface area (Å²) in [5.74, 6) is 0.684. The fourth-order valence-corrected chi connectivity index (χ4v) is 3.76. The average Bonchev–Trinajstić information content (AvgIpc) is 2.76. The molecule has 2 aromatic carbocycles. The van der Waals surface area contributed by atoms with Crippen molar-refractivity contribution in [3.63, 3.8) is 0 Å². The molecule has 6 nitrogen and oxygen atoms in total. The van der Waals surface area contributed by atoms with Crippen LogP contribution in [0.4, 0.5) is 0 Å². The molecule has 4 aromatic rings. The molecule has 4 rings (SSSR count). The van der Waals surface area contributed by atoms with Crippen LogP contribution in [0.1, 0.15) is 16.7 Å². The van der Waals surface area contributed by atoms with Crippen molar-refractivity contribution in [3.8, 4) is 11.4 Å². The number of aromatic nitrogens is 4. The predicted molar refractivity (Wildman–Crippen MR) is 153 cm³/mol. The molecule has 0 amide bonds. The first-order chi connectivity index (χ1) is 16.0. The lowest BCUT2D eigenvalue weighted by Crippen LogP contribution is -2.30. The molecule has 0 aliphatic heterocycles. The van der Waals surface area contributed by atoms with Crippen molar-refractivity contribution < 1.29 is 10.0 Å². The lowest BCUT2D eigenvalue weighted by Gasteiger charge is -2.02. The van der Waals surface area contributed by atoms with E-state index in [1.807, 2.05) is 45.0 Å². The normalized spacial score (nSPS) is 9.91. The highest BCUT2D eigenvalue weighted by atomic mass is 127. The van der Waals surface area contributed by atoms with Crippen LogP contribution in [0.25, 0.3) is 11.4 Å². The lowest BCUT2D eigenvalue weighted by molar-refractivity contribution is 0.425. The number of rotatable bonds is 2. The van der Waals surface area contributed by atoms with E-state index in [1.54, 1.807) is 36.9 Å². The van der Waals surface area contributed by atoms with E-state index in [1.165, 1.54) is 0 Å². The summed E-state index contributed by atoms with van der Waals surface area (Å²) in [5, 5.41) is 18.4. The lowest BCUT2D eigenvalue weighted by atomic mass is 9.79. The fourth-order valence-electron chi connectivity index (χ4n) is 2.78. The van der Waals surface area contributed by atoms with Crippen LogP contribution in [0.2, 0.25) is 5.02 Å². The van der Waals surface area contributed by atoms with Crippen molar-refractivity contribution >= 4 is 78.6 Å². The third kappa shape index (κ3) is 10.4. The largest absolute Gasteiger partial charge is 0.488 e. The van der Waals surface area contributed by atoms with E-state index in [0.717, 1.165) is 35.0 Å². The van der Waals surface area contributed by atoms with Crippen LogP contribution in [0, 0.1) is 24.6 Å². The van der Waals surface area contributed by atoms with E-state index in [-0.39, 0.29) is 0 Å². The maximum atomic E-state index is 8.83. The van der Waals surface area contributed by atoms with Gasteiger partial charge in [-0.2, -0.15) is 0 Å². The molecule has 0 atom stereocenters. The standard InChI is InChI=1S/C11H8BrClN2.C8H11BO2.C4H2BrIN2/c1-7-2-8(4-10(13)3-7)11-14-5-9(12)6-15-11;1-6-3-7(2)5-8(4-6)9(10)11;5-3-1-7-4(6)8-2-3/h2-6H,1H3;3-5,10-11H,1-2H3;1-2H. The summed E-state index contributed by atoms with van der Waals surface area (Å²) in [6, 6.07) is 11.3. The van der Waals surface area contributed by atoms with Crippen LogP contribution in [-0.4, -0.2) is 37.1 Å². The van der Waals surface area contributed by atoms with Gasteiger partial charge >= 0.3 is 7.12 Å². The third-order valence-electron chi connectivity index (χ3n) is 4.05. The first-order valence-corrected chi connectivity index (χ1v) is 12.9. The van der Waals surface area contributed by atoms with E-state index in [4.69, 9.17) is 21.6 Å². The van der Waals surface area contributed by atoms with Crippen molar-refractivity contribution in [2.45, 2.75) is 20.8 Å². The molecule has 0 spiro atoms. The van der Waals surface area contributed by atoms with E-state index in [0.29, 0.717) is 16.3 Å². The molecule has 2 N–H and O–H groups in total. The molecular formula is C23H21BBr2ClIN4O2. The zero-order valence-corrected chi connectivity index (χ0v) is 24.6. The summed E-state index contributed by atoms with van der Waals surface area (Å²) in [5.41, 5.74) is 4.69. The fraction of sp³-hybridized carbons (Fsp3) is 0.130. The van der Waals surface area contributed by atoms with Crippen molar-refractivity contribution in [3.05, 3.63) is 95.7 Å². The van der Waals surface area contributed by atoms with Crippen LogP contribution < -0.4 is 5.46 Å². The molecular weight excluding hydrogens is 697 g/mol. The van der Waals surface area contributed by atoms with Gasteiger partial charge in [0, 0.05) is 58.0 Å². The van der Waals surface area contributed by atoms with Gasteiger partial charge in [0.1, 0.15) is 0 Å². The van der Waals surface area contributed by atoms with Gasteiger partial charge in [0.2, 0.25) is 0 Å². The summed E-state index contributed by atoms with van der Waals surface area (Å²) in [4.78, 5) is 16.2. The molecule has 0 saturated carbocycles. The Morgan fingerprint density at radius 2 is 1.21 bits per heavy atom. The molecule has 0 aliphatic carbocycles. The molecule has 11 heteroatoms. The van der Waals surface area contributed by atoms with E-state index >= 15 is 0 Å². The Morgan fingerprint density at radius 1 is 0.735 bits per heavy atom. The van der Waals surface area contributed by atoms with Gasteiger partial charge in [0.15, 0.2) is 9.66 Å². The maximum absolute atomic E-state index is 8.83. The molecule has 0 aliphatic rings. The zero-order chi connectivity index (χ0) is 25.3. The van der Waals surface area contributed by atoms with Crippen LogP contribution in [-0.2, 0) is 0 Å². The predicted octanol–water partition coefficient (Wildman–Crippen LogP) is 5.69. The monoisotopic (exact) mass is 716 g/mol. The Bertz CT molecular complexity index is 1160. The highest BCUT2D eigenvalue weighted by molar-refractivity contribution is 14.1. The van der Waals surface area contributed by atoms with Crippen LogP contribution in [0.15, 0.2) is 70.1 Å². The number of aryl methyl sites for hydroxylation is 3. The van der Waals surface area contributed by atoms with Crippen molar-refractivity contribution in [1.29, 1.82) is 0 Å². The number of hydrogen-bond acceptors (Lipinski definition) is 6. The maximum Gasteiger partial charge on any atom is 0.488 e. The second-order valence-electron chi connectivity index (χ2n) is 7.21. The Labute approximate surface area is 234 Å². The minimum Gasteiger partial charge on any atom is -0.423 e. The molecule has 0 fully saturated rings. The van der Waals surface area contributed by atoms with Gasteiger partial charge in [0.25, 0.3) is 0 Å². The molecule has 2 heterocycles. The summed E-state index contributed by atoms with van der Waals surface area (Å²) < 4.78 is 2.55. The summed E-state index contributed by atoms with van der Waals surface area (Å²) in [6.07, 6.45) is 6.88. The van der Waals surface area contributed by atoms with Crippen LogP contribution >= 0.6 is 66.1 Å². The molecule has 0 radical (unpaired) electrons. The molecule has 0 unspecified atom stereocenters. The smallest absolute Gasteiger partial charge is 0.423 e. The Kier molecular flexibility index (Phi) is 12.0. The zero-order valence-electron chi connectivity index (χ0n) is 18.5. The molecule has 2 aromatic heterocycles. The Morgan fingerprint density at radius 3 is 1.65 bits per heavy atom. The van der Waals surface area contributed by atoms with Crippen LogP contribution in [0.3, 0.4) is 0 Å². The molecule has 0 bridgehead atoms. The third-order valence-corrected chi connectivity index (χ3v) is 5.65. The highest BCUT2D eigenvalue weighted by Gasteiger charge is 2.10. The Hall–Kier alpha value is -1.44. The van der Waals surface area contributed by atoms with Crippen molar-refractivity contribution in [1.82, 2.24) is 19.9 Å². The van der Waals surface area contributed by atoms with Crippen LogP contribution in [0.5, 0.6) is 0 Å². The topological polar surface area (TPSA) is 92.0 Å². The second-order valence-corrected chi connectivity index (χ2v) is 10.4. The summed E-state index contributed by atoms with van der Waals surface area (Å²) >= 11 is 14.5. The molecule has 34 heavy (non-hydrogen) atoms. The highest BCUT2D eigenvalue weighted by Crippen LogP contribution is 2.22. The van der Waals surface area contributed by atoms with E-state index in [2.05, 4.69) is 74.4 Å². The summed E-state index contributed by atoms with van der Waals surface area (Å²) in [7, 11) is -1.35. The second kappa shape index (κ2) is 14.2. The van der Waals surface area contributed by atoms with Gasteiger partial charge in [-0.15, -0.1) is 0 Å². The SMILES string of the molecule is Brc1cnc(I)nc1.Cc1cc(C)cc(B(O)O)c1.Cc1cc(Cl)cc(-c2ncc(Br)cn2)c1. The van der Waals surface area contributed by atoms with Crippen molar-refractivity contribution in [2.75, 3.05) is 0 Å². The van der Waals surface area contributed by atoms with Gasteiger partial charge < -0.3 is 10.0 Å². The number of halogens is 4. The van der Waals surface area contributed by atoms with Gasteiger partial charge in [-0.3, -0.25) is 0 Å². The number of hydrogen-bond donors (Lipinski definition) is 2. The number of benzene rings is 2. The minimum absolute atomic E-state index is 0.558. The summed E-state index contributed by atoms with van der Waals surface area (Å²) in [6.45, 7) is 5.85. The van der Waals surface area contributed by atoms with Gasteiger partial charge in [-0.1, -0.05) is 40.9 Å². The first kappa shape index (κ1) is 28.8. The Balaban J connectivity index is 0.000000190. The molecule has 176 valence electrons. The van der Waals surface area contributed by atoms with E-state index < -0.39 is 7.12 Å². The minimum atomic E-state index is -1.35. The first-order valence-electron chi connectivity index (χ1n) is 9.86. The molecule has 0 saturated heterocycles. The van der Waals surface area contributed by atoms with Crippen molar-refractivity contribution in [2.24, 2.45) is 0 Å². The quantitative estimate of drug-likeness (QED) is 0.157. The number of nitrogens with zero attached hydrogens (tertiary/aromatic N) is 4. The van der Waals surface area contributed by atoms with Gasteiger partial charge in [-0.05, 0) is 81.9 Å². The average molecular weight is 718 g/mol. The van der Waals surface area contributed by atoms with Gasteiger partial charge in [0.05, 0.1) is 8.95 Å².